The lowest BCUT2D eigenvalue weighted by Crippen LogP contribution is -2.47. The molecule has 0 aliphatic carbocycles. The Kier molecular flexibility index (Phi) is 5.55. The van der Waals surface area contributed by atoms with Gasteiger partial charge in [0, 0.05) is 0 Å². The molecule has 2 aromatic rings. The summed E-state index contributed by atoms with van der Waals surface area (Å²) in [6.07, 6.45) is 0. The van der Waals surface area contributed by atoms with Crippen molar-refractivity contribution in [2.45, 2.75) is 26.8 Å². The fourth-order valence-corrected chi connectivity index (χ4v) is 2.59. The molecule has 0 aliphatic rings. The maximum absolute atomic E-state index is 13.7. The third kappa shape index (κ3) is 4.10. The molecule has 1 heterocycles. The number of carbonyl (C=O) groups excluding carboxylic acids is 2. The van der Waals surface area contributed by atoms with E-state index in [0.29, 0.717) is 5.01 Å². The number of carbonyl (C=O) groups is 2. The number of rotatable bonds is 5. The molecular formula is C15H16F2N4O2S. The van der Waals surface area contributed by atoms with Gasteiger partial charge < -0.3 is 5.32 Å². The van der Waals surface area contributed by atoms with E-state index in [0.717, 1.165) is 18.2 Å². The number of aryl methyl sites for hydroxylation is 1. The summed E-state index contributed by atoms with van der Waals surface area (Å²) in [6, 6.07) is 2.13. The van der Waals surface area contributed by atoms with Crippen molar-refractivity contribution in [3.05, 3.63) is 40.4 Å². The summed E-state index contributed by atoms with van der Waals surface area (Å²) in [6.45, 7) is 5.14. The van der Waals surface area contributed by atoms with Gasteiger partial charge in [-0.1, -0.05) is 31.3 Å². The van der Waals surface area contributed by atoms with Gasteiger partial charge in [-0.05, 0) is 25.0 Å². The van der Waals surface area contributed by atoms with Gasteiger partial charge in [0.2, 0.25) is 11.0 Å². The Balaban J connectivity index is 2.16. The second-order valence-electron chi connectivity index (χ2n) is 5.41. The minimum atomic E-state index is -0.993. The van der Waals surface area contributed by atoms with Crippen molar-refractivity contribution in [3.63, 3.8) is 0 Å². The second kappa shape index (κ2) is 7.43. The number of aromatic nitrogens is 2. The Bertz CT molecular complexity index is 743. The summed E-state index contributed by atoms with van der Waals surface area (Å²) in [7, 11) is 0. The number of nitrogens with zero attached hydrogens (tertiary/aromatic N) is 2. The smallest absolute Gasteiger partial charge is 0.257 e. The van der Waals surface area contributed by atoms with Gasteiger partial charge in [-0.15, -0.1) is 10.2 Å². The van der Waals surface area contributed by atoms with Gasteiger partial charge in [0.1, 0.15) is 28.2 Å². The maximum Gasteiger partial charge on any atom is 0.257 e. The maximum atomic E-state index is 13.7. The van der Waals surface area contributed by atoms with Crippen LogP contribution in [0.3, 0.4) is 0 Å². The van der Waals surface area contributed by atoms with Gasteiger partial charge in [-0.2, -0.15) is 0 Å². The molecule has 2 N–H and O–H groups in total. The van der Waals surface area contributed by atoms with E-state index in [-0.39, 0.29) is 11.0 Å². The molecule has 0 fully saturated rings. The van der Waals surface area contributed by atoms with Crippen LogP contribution in [0.25, 0.3) is 0 Å². The quantitative estimate of drug-likeness (QED) is 0.864. The van der Waals surface area contributed by atoms with Gasteiger partial charge in [0.25, 0.3) is 5.91 Å². The number of amides is 2. The molecule has 0 aliphatic heterocycles. The highest BCUT2D eigenvalue weighted by Gasteiger charge is 2.27. The molecule has 1 unspecified atom stereocenters. The van der Waals surface area contributed by atoms with Crippen molar-refractivity contribution in [1.82, 2.24) is 15.5 Å². The lowest BCUT2D eigenvalue weighted by atomic mass is 10.0. The van der Waals surface area contributed by atoms with Gasteiger partial charge in [0.15, 0.2) is 0 Å². The zero-order chi connectivity index (χ0) is 17.9. The minimum Gasteiger partial charge on any atom is -0.340 e. The molecule has 1 atom stereocenters. The molecule has 24 heavy (non-hydrogen) atoms. The first-order valence-electron chi connectivity index (χ1n) is 7.15. The second-order valence-corrected chi connectivity index (χ2v) is 6.59. The van der Waals surface area contributed by atoms with Crippen LogP contribution >= 0.6 is 11.3 Å². The van der Waals surface area contributed by atoms with Gasteiger partial charge >= 0.3 is 0 Å². The van der Waals surface area contributed by atoms with Gasteiger partial charge in [-0.3, -0.25) is 14.9 Å². The Hall–Kier alpha value is -2.42. The van der Waals surface area contributed by atoms with E-state index < -0.39 is 35.1 Å². The number of hydrogen-bond donors (Lipinski definition) is 2. The molecular weight excluding hydrogens is 338 g/mol. The molecule has 0 radical (unpaired) electrons. The van der Waals surface area contributed by atoms with Crippen molar-refractivity contribution in [1.29, 1.82) is 0 Å². The molecule has 1 aromatic heterocycles. The van der Waals surface area contributed by atoms with Crippen LogP contribution in [0.15, 0.2) is 18.2 Å². The lowest BCUT2D eigenvalue weighted by Gasteiger charge is -2.21. The molecule has 6 nitrogen and oxygen atoms in total. The Morgan fingerprint density at radius 2 is 1.79 bits per heavy atom. The summed E-state index contributed by atoms with van der Waals surface area (Å²) >= 11 is 1.18. The zero-order valence-corrected chi connectivity index (χ0v) is 14.1. The molecule has 9 heteroatoms. The first-order valence-corrected chi connectivity index (χ1v) is 7.97. The third-order valence-electron chi connectivity index (χ3n) is 3.18. The molecule has 2 amide bonds. The molecule has 1 aromatic carbocycles. The van der Waals surface area contributed by atoms with Crippen molar-refractivity contribution >= 4 is 28.3 Å². The highest BCUT2D eigenvalue weighted by atomic mass is 32.1. The van der Waals surface area contributed by atoms with Crippen LogP contribution in [-0.2, 0) is 4.79 Å². The minimum absolute atomic E-state index is 0.287. The van der Waals surface area contributed by atoms with E-state index in [1.165, 1.54) is 11.3 Å². The SMILES string of the molecule is Cc1nnc(NC(=O)C(NC(=O)c2c(F)cccc2F)C(C)C)s1. The summed E-state index contributed by atoms with van der Waals surface area (Å²) in [5, 5.41) is 13.4. The fourth-order valence-electron chi connectivity index (χ4n) is 1.99. The number of nitrogens with one attached hydrogen (secondary N) is 2. The predicted octanol–water partition coefficient (Wildman–Crippen LogP) is 2.52. The van der Waals surface area contributed by atoms with Crippen LogP contribution in [0, 0.1) is 24.5 Å². The Morgan fingerprint density at radius 3 is 2.29 bits per heavy atom. The molecule has 0 saturated carbocycles. The van der Waals surface area contributed by atoms with Crippen molar-refractivity contribution in [2.24, 2.45) is 5.92 Å². The first kappa shape index (κ1) is 17.9. The highest BCUT2D eigenvalue weighted by Crippen LogP contribution is 2.16. The van der Waals surface area contributed by atoms with E-state index in [1.54, 1.807) is 20.8 Å². The fraction of sp³-hybridized carbons (Fsp3) is 0.333. The molecule has 0 bridgehead atoms. The average Bonchev–Trinajstić information content (AvgIpc) is 2.89. The molecule has 0 saturated heterocycles. The van der Waals surface area contributed by atoms with Crippen molar-refractivity contribution in [3.8, 4) is 0 Å². The van der Waals surface area contributed by atoms with Gasteiger partial charge in [0.05, 0.1) is 0 Å². The standard InChI is InChI=1S/C15H16F2N4O2S/c1-7(2)12(14(23)19-15-21-20-8(3)24-15)18-13(22)11-9(16)5-4-6-10(11)17/h4-7,12H,1-3H3,(H,18,22)(H,19,21,23). The van der Waals surface area contributed by atoms with Crippen molar-refractivity contribution in [2.75, 3.05) is 5.32 Å². The van der Waals surface area contributed by atoms with Crippen LogP contribution in [0.1, 0.15) is 29.2 Å². The Morgan fingerprint density at radius 1 is 1.17 bits per heavy atom. The largest absolute Gasteiger partial charge is 0.340 e. The van der Waals surface area contributed by atoms with Crippen LogP contribution in [-0.4, -0.2) is 28.1 Å². The Labute approximate surface area is 141 Å². The highest BCUT2D eigenvalue weighted by molar-refractivity contribution is 7.15. The van der Waals surface area contributed by atoms with Crippen molar-refractivity contribution < 1.29 is 18.4 Å². The van der Waals surface area contributed by atoms with Crippen LogP contribution in [0.5, 0.6) is 0 Å². The monoisotopic (exact) mass is 354 g/mol. The average molecular weight is 354 g/mol. The van der Waals surface area contributed by atoms with E-state index in [1.807, 2.05) is 0 Å². The summed E-state index contributed by atoms with van der Waals surface area (Å²) < 4.78 is 27.4. The lowest BCUT2D eigenvalue weighted by molar-refractivity contribution is -0.118. The third-order valence-corrected chi connectivity index (χ3v) is 3.94. The first-order chi connectivity index (χ1) is 11.3. The normalized spacial score (nSPS) is 12.1. The van der Waals surface area contributed by atoms with E-state index in [9.17, 15) is 18.4 Å². The van der Waals surface area contributed by atoms with Crippen LogP contribution in [0.4, 0.5) is 13.9 Å². The topological polar surface area (TPSA) is 84.0 Å². The van der Waals surface area contributed by atoms with E-state index in [4.69, 9.17) is 0 Å². The van der Waals surface area contributed by atoms with Gasteiger partial charge in [-0.25, -0.2) is 8.78 Å². The van der Waals surface area contributed by atoms with Crippen LogP contribution in [0.2, 0.25) is 0 Å². The predicted molar refractivity (Wildman–Crippen MR) is 85.7 cm³/mol. The van der Waals surface area contributed by atoms with E-state index >= 15 is 0 Å². The molecule has 2 rings (SSSR count). The van der Waals surface area contributed by atoms with E-state index in [2.05, 4.69) is 20.8 Å². The zero-order valence-electron chi connectivity index (χ0n) is 13.3. The summed E-state index contributed by atoms with van der Waals surface area (Å²) in [5.74, 6) is -3.82. The number of benzene rings is 1. The van der Waals surface area contributed by atoms with Crippen LogP contribution < -0.4 is 10.6 Å². The number of halogens is 2. The molecule has 128 valence electrons. The number of hydrogen-bond acceptors (Lipinski definition) is 5. The molecule has 0 spiro atoms. The number of anilines is 1. The summed E-state index contributed by atoms with van der Waals surface area (Å²) in [5.41, 5.74) is -0.720. The summed E-state index contributed by atoms with van der Waals surface area (Å²) in [4.78, 5) is 24.5.